The smallest absolute Gasteiger partial charge is 0.0966 e. The zero-order valence-electron chi connectivity index (χ0n) is 8.93. The maximum absolute atomic E-state index is 7.19. The van der Waals surface area contributed by atoms with Crippen molar-refractivity contribution in [2.45, 2.75) is 13.0 Å². The first-order chi connectivity index (χ1) is 7.74. The Morgan fingerprint density at radius 2 is 2.06 bits per heavy atom. The van der Waals surface area contributed by atoms with Crippen molar-refractivity contribution in [2.24, 2.45) is 5.73 Å². The summed E-state index contributed by atoms with van der Waals surface area (Å²) in [4.78, 5) is 4.19. The van der Waals surface area contributed by atoms with Crippen LogP contribution in [0.1, 0.15) is 11.3 Å². The van der Waals surface area contributed by atoms with Gasteiger partial charge in [-0.25, -0.2) is 4.98 Å². The molecule has 0 unspecified atom stereocenters. The Kier molecular flexibility index (Phi) is 3.00. The van der Waals surface area contributed by atoms with Gasteiger partial charge in [0, 0.05) is 19.2 Å². The molecule has 0 fully saturated rings. The Bertz CT molecular complexity index is 473. The molecule has 2 rings (SSSR count). The molecule has 1 aromatic heterocycles. The van der Waals surface area contributed by atoms with Crippen LogP contribution in [-0.2, 0) is 13.0 Å². The maximum atomic E-state index is 7.19. The fraction of sp³-hybridized carbons (Fsp3) is 0.167. The molecule has 0 spiro atoms. The topological polar surface area (TPSA) is 67.7 Å². The van der Waals surface area contributed by atoms with E-state index in [2.05, 4.69) is 17.1 Å². The molecule has 0 amide bonds. The van der Waals surface area contributed by atoms with Gasteiger partial charge in [0.1, 0.15) is 0 Å². The Labute approximate surface area is 94.2 Å². The van der Waals surface area contributed by atoms with Gasteiger partial charge in [-0.3, -0.25) is 5.41 Å². The fourth-order valence-electron chi connectivity index (χ4n) is 1.57. The van der Waals surface area contributed by atoms with Crippen LogP contribution >= 0.6 is 0 Å². The molecule has 3 N–H and O–H groups in total. The number of rotatable bonds is 4. The van der Waals surface area contributed by atoms with E-state index in [0.29, 0.717) is 6.42 Å². The molecule has 0 saturated carbocycles. The van der Waals surface area contributed by atoms with Crippen molar-refractivity contribution in [1.29, 1.82) is 5.41 Å². The molecule has 0 atom stereocenters. The van der Waals surface area contributed by atoms with Crippen LogP contribution in [0.15, 0.2) is 42.9 Å². The quantitative estimate of drug-likeness (QED) is 0.597. The summed E-state index contributed by atoms with van der Waals surface area (Å²) in [5, 5.41) is 7.19. The average molecular weight is 214 g/mol. The summed E-state index contributed by atoms with van der Waals surface area (Å²) in [6.07, 6.45) is 4.11. The number of imidazole rings is 1. The number of aromatic nitrogens is 2. The fourth-order valence-corrected chi connectivity index (χ4v) is 1.57. The van der Waals surface area contributed by atoms with Gasteiger partial charge < -0.3 is 10.3 Å². The van der Waals surface area contributed by atoms with E-state index in [1.807, 2.05) is 29.0 Å². The first-order valence-corrected chi connectivity index (χ1v) is 5.11. The summed E-state index contributed by atoms with van der Waals surface area (Å²) in [6.45, 7) is 0.797. The molecule has 0 radical (unpaired) electrons. The first kappa shape index (κ1) is 10.4. The molecule has 0 aliphatic heterocycles. The van der Waals surface area contributed by atoms with Crippen LogP contribution in [-0.4, -0.2) is 15.4 Å². The average Bonchev–Trinajstić information content (AvgIpc) is 2.66. The van der Waals surface area contributed by atoms with Crippen molar-refractivity contribution in [3.05, 3.63) is 54.1 Å². The summed E-state index contributed by atoms with van der Waals surface area (Å²) >= 11 is 0. The van der Waals surface area contributed by atoms with Crippen LogP contribution in [0.25, 0.3) is 0 Å². The van der Waals surface area contributed by atoms with E-state index >= 15 is 0 Å². The number of hydrogen-bond donors (Lipinski definition) is 2. The summed E-state index contributed by atoms with van der Waals surface area (Å²) in [5.41, 5.74) is 7.39. The van der Waals surface area contributed by atoms with E-state index in [-0.39, 0.29) is 5.84 Å². The second-order valence-corrected chi connectivity index (χ2v) is 3.72. The molecule has 16 heavy (non-hydrogen) atoms. The number of hydrogen-bond acceptors (Lipinski definition) is 2. The monoisotopic (exact) mass is 214 g/mol. The van der Waals surface area contributed by atoms with Crippen molar-refractivity contribution >= 4 is 5.84 Å². The van der Waals surface area contributed by atoms with Gasteiger partial charge in [0.05, 0.1) is 17.9 Å². The molecule has 1 aromatic carbocycles. The van der Waals surface area contributed by atoms with Gasteiger partial charge in [0.2, 0.25) is 0 Å². The zero-order chi connectivity index (χ0) is 11.4. The Hall–Kier alpha value is -2.10. The van der Waals surface area contributed by atoms with Gasteiger partial charge in [0.15, 0.2) is 0 Å². The number of nitrogens with two attached hydrogens (primary N) is 1. The van der Waals surface area contributed by atoms with E-state index in [1.54, 1.807) is 6.33 Å². The second kappa shape index (κ2) is 4.61. The van der Waals surface area contributed by atoms with Crippen LogP contribution < -0.4 is 5.73 Å². The summed E-state index contributed by atoms with van der Waals surface area (Å²) < 4.78 is 1.99. The highest BCUT2D eigenvalue weighted by molar-refractivity contribution is 5.78. The van der Waals surface area contributed by atoms with E-state index < -0.39 is 0 Å². The molecular formula is C12H14N4. The predicted molar refractivity (Wildman–Crippen MR) is 63.4 cm³/mol. The van der Waals surface area contributed by atoms with Gasteiger partial charge in [-0.05, 0) is 5.56 Å². The molecule has 1 heterocycles. The molecule has 4 nitrogen and oxygen atoms in total. The SMILES string of the molecule is N=C(N)Cc1cn(Cc2ccccc2)cn1. The van der Waals surface area contributed by atoms with E-state index in [0.717, 1.165) is 12.2 Å². The molecule has 0 aliphatic rings. The minimum absolute atomic E-state index is 0.143. The van der Waals surface area contributed by atoms with Crippen LogP contribution in [0, 0.1) is 5.41 Å². The van der Waals surface area contributed by atoms with Gasteiger partial charge >= 0.3 is 0 Å². The van der Waals surface area contributed by atoms with Gasteiger partial charge in [0.25, 0.3) is 0 Å². The van der Waals surface area contributed by atoms with Crippen molar-refractivity contribution in [1.82, 2.24) is 9.55 Å². The largest absolute Gasteiger partial charge is 0.387 e. The number of nitrogens with one attached hydrogen (secondary N) is 1. The van der Waals surface area contributed by atoms with Crippen molar-refractivity contribution in [3.63, 3.8) is 0 Å². The first-order valence-electron chi connectivity index (χ1n) is 5.11. The third-order valence-electron chi connectivity index (χ3n) is 2.27. The maximum Gasteiger partial charge on any atom is 0.0966 e. The normalized spacial score (nSPS) is 10.2. The second-order valence-electron chi connectivity index (χ2n) is 3.72. The van der Waals surface area contributed by atoms with Crippen LogP contribution in [0.4, 0.5) is 0 Å². The third kappa shape index (κ3) is 2.70. The minimum atomic E-state index is 0.143. The van der Waals surface area contributed by atoms with E-state index in [1.165, 1.54) is 5.56 Å². The third-order valence-corrected chi connectivity index (χ3v) is 2.27. The van der Waals surface area contributed by atoms with Crippen molar-refractivity contribution in [2.75, 3.05) is 0 Å². The van der Waals surface area contributed by atoms with Crippen molar-refractivity contribution < 1.29 is 0 Å². The molecule has 0 saturated heterocycles. The molecule has 4 heteroatoms. The highest BCUT2D eigenvalue weighted by Gasteiger charge is 2.00. The molecule has 2 aromatic rings. The van der Waals surface area contributed by atoms with E-state index in [4.69, 9.17) is 11.1 Å². The van der Waals surface area contributed by atoms with Crippen molar-refractivity contribution in [3.8, 4) is 0 Å². The lowest BCUT2D eigenvalue weighted by Crippen LogP contribution is -2.12. The van der Waals surface area contributed by atoms with Crippen LogP contribution in [0.3, 0.4) is 0 Å². The van der Waals surface area contributed by atoms with Gasteiger partial charge in [-0.1, -0.05) is 30.3 Å². The lowest BCUT2D eigenvalue weighted by Gasteiger charge is -2.01. The highest BCUT2D eigenvalue weighted by Crippen LogP contribution is 2.04. The number of amidine groups is 1. The Morgan fingerprint density at radius 1 is 1.31 bits per heavy atom. The summed E-state index contributed by atoms with van der Waals surface area (Å²) in [6, 6.07) is 10.2. The van der Waals surface area contributed by atoms with Crippen LogP contribution in [0.2, 0.25) is 0 Å². The number of nitrogens with zero attached hydrogens (tertiary/aromatic N) is 2. The lowest BCUT2D eigenvalue weighted by atomic mass is 10.2. The van der Waals surface area contributed by atoms with E-state index in [9.17, 15) is 0 Å². The lowest BCUT2D eigenvalue weighted by molar-refractivity contribution is 0.797. The molecule has 82 valence electrons. The van der Waals surface area contributed by atoms with Crippen LogP contribution in [0.5, 0.6) is 0 Å². The number of benzene rings is 1. The molecule has 0 aliphatic carbocycles. The molecule has 0 bridgehead atoms. The highest BCUT2D eigenvalue weighted by atomic mass is 15.0. The standard InChI is InChI=1S/C12H14N4/c13-12(14)6-11-8-16(9-15-11)7-10-4-2-1-3-5-10/h1-5,8-9H,6-7H2,(H3,13,14). The summed E-state index contributed by atoms with van der Waals surface area (Å²) in [5.74, 6) is 0.143. The van der Waals surface area contributed by atoms with Gasteiger partial charge in [-0.2, -0.15) is 0 Å². The Morgan fingerprint density at radius 3 is 2.75 bits per heavy atom. The minimum Gasteiger partial charge on any atom is -0.387 e. The molecular weight excluding hydrogens is 200 g/mol. The van der Waals surface area contributed by atoms with Gasteiger partial charge in [-0.15, -0.1) is 0 Å². The summed E-state index contributed by atoms with van der Waals surface area (Å²) in [7, 11) is 0. The zero-order valence-corrected chi connectivity index (χ0v) is 8.93. The Balaban J connectivity index is 2.06. The predicted octanol–water partition coefficient (Wildman–Crippen LogP) is 1.41.